The molecule has 6 nitrogen and oxygen atoms in total. The molecule has 2 aromatic carbocycles. The van der Waals surface area contributed by atoms with Crippen molar-refractivity contribution in [2.24, 2.45) is 5.92 Å². The molecule has 6 heteroatoms. The van der Waals surface area contributed by atoms with Gasteiger partial charge in [0.25, 0.3) is 5.91 Å². The summed E-state index contributed by atoms with van der Waals surface area (Å²) in [6, 6.07) is 18.6. The zero-order valence-corrected chi connectivity index (χ0v) is 20.7. The predicted molar refractivity (Wildman–Crippen MR) is 138 cm³/mol. The Morgan fingerprint density at radius 2 is 1.69 bits per heavy atom. The van der Waals surface area contributed by atoms with Crippen molar-refractivity contribution in [1.82, 2.24) is 19.6 Å². The summed E-state index contributed by atoms with van der Waals surface area (Å²) >= 11 is 0. The molecular weight excluding hydrogens is 436 g/mol. The molecule has 0 aliphatic carbocycles. The van der Waals surface area contributed by atoms with E-state index >= 15 is 0 Å². The smallest absolute Gasteiger partial charge is 0.257 e. The second-order valence-electron chi connectivity index (χ2n) is 9.92. The Bertz CT molecular complexity index is 1100. The summed E-state index contributed by atoms with van der Waals surface area (Å²) in [5.74, 6) is 0.797. The average molecular weight is 473 g/mol. The first-order valence-corrected chi connectivity index (χ1v) is 12.9. The van der Waals surface area contributed by atoms with Crippen LogP contribution in [0.25, 0.3) is 11.3 Å². The summed E-state index contributed by atoms with van der Waals surface area (Å²) in [7, 11) is 0. The second kappa shape index (κ2) is 11.2. The Kier molecular flexibility index (Phi) is 7.60. The molecule has 0 saturated carbocycles. The number of carbonyl (C=O) groups excluding carboxylic acids is 1. The monoisotopic (exact) mass is 472 g/mol. The lowest BCUT2D eigenvalue weighted by Crippen LogP contribution is -2.40. The maximum atomic E-state index is 13.7. The molecule has 0 spiro atoms. The molecule has 1 amide bonds. The molecule has 3 heterocycles. The first-order chi connectivity index (χ1) is 17.2. The van der Waals surface area contributed by atoms with Gasteiger partial charge in [-0.05, 0) is 44.2 Å². The largest absolute Gasteiger partial charge is 0.379 e. The number of hydrogen-bond acceptors (Lipinski definition) is 4. The normalized spacial score (nSPS) is 17.6. The Labute approximate surface area is 208 Å². The van der Waals surface area contributed by atoms with Crippen LogP contribution in [0.15, 0.2) is 60.8 Å². The maximum absolute atomic E-state index is 13.7. The molecule has 0 N–H and O–H groups in total. The molecule has 2 saturated heterocycles. The highest BCUT2D eigenvalue weighted by Crippen LogP contribution is 2.27. The minimum Gasteiger partial charge on any atom is -0.379 e. The van der Waals surface area contributed by atoms with Gasteiger partial charge in [0.15, 0.2) is 0 Å². The number of aromatic nitrogens is 2. The summed E-state index contributed by atoms with van der Waals surface area (Å²) < 4.78 is 7.37. The van der Waals surface area contributed by atoms with Gasteiger partial charge >= 0.3 is 0 Å². The number of rotatable bonds is 7. The zero-order chi connectivity index (χ0) is 24.0. The molecule has 5 rings (SSSR count). The van der Waals surface area contributed by atoms with Crippen LogP contribution >= 0.6 is 0 Å². The van der Waals surface area contributed by atoms with Crippen molar-refractivity contribution in [1.29, 1.82) is 0 Å². The van der Waals surface area contributed by atoms with Gasteiger partial charge in [0.2, 0.25) is 0 Å². The molecule has 1 aromatic heterocycles. The molecule has 0 bridgehead atoms. The van der Waals surface area contributed by atoms with Crippen molar-refractivity contribution >= 4 is 5.91 Å². The van der Waals surface area contributed by atoms with Gasteiger partial charge in [-0.1, -0.05) is 60.2 Å². The molecule has 2 fully saturated rings. The summed E-state index contributed by atoms with van der Waals surface area (Å²) in [6.45, 7) is 9.32. The molecule has 3 aromatic rings. The van der Waals surface area contributed by atoms with Gasteiger partial charge in [-0.15, -0.1) is 0 Å². The van der Waals surface area contributed by atoms with E-state index in [4.69, 9.17) is 9.84 Å². The van der Waals surface area contributed by atoms with Crippen molar-refractivity contribution in [2.75, 3.05) is 45.9 Å². The number of likely N-dealkylation sites (tertiary alicyclic amines) is 1. The van der Waals surface area contributed by atoms with Crippen molar-refractivity contribution in [3.63, 3.8) is 0 Å². The fourth-order valence-electron chi connectivity index (χ4n) is 5.14. The quantitative estimate of drug-likeness (QED) is 0.509. The van der Waals surface area contributed by atoms with Gasteiger partial charge in [0.05, 0.1) is 25.3 Å². The van der Waals surface area contributed by atoms with Crippen LogP contribution in [-0.2, 0) is 11.3 Å². The van der Waals surface area contributed by atoms with E-state index in [9.17, 15) is 4.79 Å². The fourth-order valence-corrected chi connectivity index (χ4v) is 5.14. The fraction of sp³-hybridized carbons (Fsp3) is 0.448. The third kappa shape index (κ3) is 6.00. The number of benzene rings is 2. The van der Waals surface area contributed by atoms with E-state index in [0.717, 1.165) is 70.0 Å². The van der Waals surface area contributed by atoms with E-state index in [1.54, 1.807) is 0 Å². The highest BCUT2D eigenvalue weighted by atomic mass is 16.5. The van der Waals surface area contributed by atoms with Crippen molar-refractivity contribution in [3.05, 3.63) is 77.5 Å². The van der Waals surface area contributed by atoms with Gasteiger partial charge in [-0.2, -0.15) is 5.10 Å². The summed E-state index contributed by atoms with van der Waals surface area (Å²) in [5, 5.41) is 4.87. The SMILES string of the molecule is Cc1ccc(-c2nn(Cc3ccccc3)cc2C(=O)N2CCC(CCN3CCOCC3)CC2)cc1. The number of piperidine rings is 1. The first kappa shape index (κ1) is 23.8. The number of aryl methyl sites for hydroxylation is 1. The predicted octanol–water partition coefficient (Wildman–Crippen LogP) is 4.48. The number of hydrogen-bond donors (Lipinski definition) is 0. The molecule has 0 unspecified atom stereocenters. The van der Waals surface area contributed by atoms with Crippen LogP contribution in [0.2, 0.25) is 0 Å². The van der Waals surface area contributed by atoms with Crippen molar-refractivity contribution in [3.8, 4) is 11.3 Å². The summed E-state index contributed by atoms with van der Waals surface area (Å²) in [6.07, 6.45) is 5.31. The van der Waals surface area contributed by atoms with E-state index in [1.165, 1.54) is 17.5 Å². The van der Waals surface area contributed by atoms with Gasteiger partial charge in [0, 0.05) is 37.9 Å². The topological polar surface area (TPSA) is 50.6 Å². The van der Waals surface area contributed by atoms with E-state index in [2.05, 4.69) is 48.2 Å². The maximum Gasteiger partial charge on any atom is 0.257 e. The van der Waals surface area contributed by atoms with Gasteiger partial charge < -0.3 is 9.64 Å². The molecular formula is C29H36N4O2. The van der Waals surface area contributed by atoms with E-state index < -0.39 is 0 Å². The van der Waals surface area contributed by atoms with Gasteiger partial charge in [-0.25, -0.2) is 0 Å². The van der Waals surface area contributed by atoms with Crippen LogP contribution in [0.3, 0.4) is 0 Å². The molecule has 0 atom stereocenters. The van der Waals surface area contributed by atoms with E-state index in [0.29, 0.717) is 18.0 Å². The van der Waals surface area contributed by atoms with Crippen LogP contribution in [0.1, 0.15) is 40.7 Å². The molecule has 2 aliphatic rings. The van der Waals surface area contributed by atoms with Crippen LogP contribution in [0.5, 0.6) is 0 Å². The van der Waals surface area contributed by atoms with E-state index in [-0.39, 0.29) is 5.91 Å². The Balaban J connectivity index is 1.27. The number of ether oxygens (including phenoxy) is 1. The zero-order valence-electron chi connectivity index (χ0n) is 20.7. The third-order valence-corrected chi connectivity index (χ3v) is 7.36. The lowest BCUT2D eigenvalue weighted by molar-refractivity contribution is 0.0332. The standard InChI is InChI=1S/C29H36N4O2/c1-23-7-9-26(10-8-23)28-27(22-33(30-28)21-25-5-3-2-4-6-25)29(34)32-15-12-24(13-16-32)11-14-31-17-19-35-20-18-31/h2-10,22,24H,11-21H2,1H3. The number of nitrogens with zero attached hydrogens (tertiary/aromatic N) is 4. The van der Waals surface area contributed by atoms with Crippen molar-refractivity contribution in [2.45, 2.75) is 32.7 Å². The first-order valence-electron chi connectivity index (χ1n) is 12.9. The Morgan fingerprint density at radius 3 is 2.40 bits per heavy atom. The molecule has 0 radical (unpaired) electrons. The summed E-state index contributed by atoms with van der Waals surface area (Å²) in [5.41, 5.74) is 4.85. The van der Waals surface area contributed by atoms with Gasteiger partial charge in [0.1, 0.15) is 5.69 Å². The number of carbonyl (C=O) groups is 1. The van der Waals surface area contributed by atoms with Crippen molar-refractivity contribution < 1.29 is 9.53 Å². The second-order valence-corrected chi connectivity index (χ2v) is 9.92. The minimum absolute atomic E-state index is 0.103. The lowest BCUT2D eigenvalue weighted by Gasteiger charge is -2.34. The highest BCUT2D eigenvalue weighted by molar-refractivity contribution is 5.99. The summed E-state index contributed by atoms with van der Waals surface area (Å²) in [4.78, 5) is 18.2. The van der Waals surface area contributed by atoms with E-state index in [1.807, 2.05) is 34.0 Å². The third-order valence-electron chi connectivity index (χ3n) is 7.36. The van der Waals surface area contributed by atoms with Crippen LogP contribution in [0, 0.1) is 12.8 Å². The van der Waals surface area contributed by atoms with Crippen LogP contribution in [0.4, 0.5) is 0 Å². The number of morpholine rings is 1. The molecule has 184 valence electrons. The number of amides is 1. The van der Waals surface area contributed by atoms with Gasteiger partial charge in [-0.3, -0.25) is 14.4 Å². The highest BCUT2D eigenvalue weighted by Gasteiger charge is 2.27. The molecule has 35 heavy (non-hydrogen) atoms. The van der Waals surface area contributed by atoms with Crippen LogP contribution < -0.4 is 0 Å². The average Bonchev–Trinajstić information content (AvgIpc) is 3.32. The lowest BCUT2D eigenvalue weighted by atomic mass is 9.92. The Morgan fingerprint density at radius 1 is 0.971 bits per heavy atom. The minimum atomic E-state index is 0.103. The molecule has 2 aliphatic heterocycles. The van der Waals surface area contributed by atoms with Crippen LogP contribution in [-0.4, -0.2) is 71.4 Å². The Hall–Kier alpha value is -2.96.